The Balaban J connectivity index is 1.68. The number of hydrogen-bond acceptors (Lipinski definition) is 4. The molecule has 1 fully saturated rings. The van der Waals surface area contributed by atoms with Crippen molar-refractivity contribution in [1.82, 2.24) is 15.0 Å². The highest BCUT2D eigenvalue weighted by Gasteiger charge is 2.21. The largest absolute Gasteiger partial charge is 0.356 e. The van der Waals surface area contributed by atoms with Crippen LogP contribution >= 0.6 is 0 Å². The van der Waals surface area contributed by atoms with Crippen LogP contribution in [0.4, 0.5) is 5.82 Å². The molecular formula is C16H20N4. The molecule has 0 unspecified atom stereocenters. The summed E-state index contributed by atoms with van der Waals surface area (Å²) in [6.07, 6.45) is 6.11. The summed E-state index contributed by atoms with van der Waals surface area (Å²) in [7, 11) is 0. The van der Waals surface area contributed by atoms with Crippen LogP contribution in [0.5, 0.6) is 0 Å². The molecule has 1 aliphatic heterocycles. The molecule has 3 rings (SSSR count). The van der Waals surface area contributed by atoms with Gasteiger partial charge in [0, 0.05) is 31.2 Å². The lowest BCUT2D eigenvalue weighted by Gasteiger charge is -2.33. The molecule has 0 saturated carbocycles. The van der Waals surface area contributed by atoms with E-state index < -0.39 is 0 Å². The van der Waals surface area contributed by atoms with Crippen LogP contribution in [-0.2, 0) is 0 Å². The van der Waals surface area contributed by atoms with Gasteiger partial charge in [-0.05, 0) is 56.4 Å². The van der Waals surface area contributed by atoms with Crippen LogP contribution in [0.3, 0.4) is 0 Å². The maximum atomic E-state index is 4.51. The van der Waals surface area contributed by atoms with Crippen molar-refractivity contribution in [1.29, 1.82) is 0 Å². The van der Waals surface area contributed by atoms with Gasteiger partial charge >= 0.3 is 0 Å². The van der Waals surface area contributed by atoms with E-state index in [2.05, 4.69) is 38.9 Å². The van der Waals surface area contributed by atoms with Gasteiger partial charge in [-0.15, -0.1) is 0 Å². The van der Waals surface area contributed by atoms with Crippen LogP contribution in [0.1, 0.15) is 35.8 Å². The van der Waals surface area contributed by atoms with Gasteiger partial charge in [0.2, 0.25) is 0 Å². The van der Waals surface area contributed by atoms with Crippen molar-refractivity contribution in [3.05, 3.63) is 47.7 Å². The maximum absolute atomic E-state index is 4.51. The van der Waals surface area contributed by atoms with Gasteiger partial charge in [0.15, 0.2) is 0 Å². The van der Waals surface area contributed by atoms with E-state index in [0.717, 1.165) is 30.4 Å². The number of anilines is 1. The summed E-state index contributed by atoms with van der Waals surface area (Å²) in [5.74, 6) is 2.55. The highest BCUT2D eigenvalue weighted by Crippen LogP contribution is 2.29. The van der Waals surface area contributed by atoms with E-state index >= 15 is 0 Å². The van der Waals surface area contributed by atoms with Crippen molar-refractivity contribution >= 4 is 5.82 Å². The normalized spacial score (nSPS) is 16.4. The zero-order valence-electron chi connectivity index (χ0n) is 12.1. The van der Waals surface area contributed by atoms with Gasteiger partial charge in [0.25, 0.3) is 0 Å². The molecule has 4 nitrogen and oxygen atoms in total. The molecule has 20 heavy (non-hydrogen) atoms. The number of aryl methyl sites for hydroxylation is 2. The first-order valence-electron chi connectivity index (χ1n) is 7.19. The second-order valence-corrected chi connectivity index (χ2v) is 5.45. The molecule has 0 amide bonds. The van der Waals surface area contributed by atoms with Crippen molar-refractivity contribution in [2.75, 3.05) is 18.0 Å². The Kier molecular flexibility index (Phi) is 3.63. The number of rotatable bonds is 2. The van der Waals surface area contributed by atoms with Crippen molar-refractivity contribution in [3.63, 3.8) is 0 Å². The van der Waals surface area contributed by atoms with E-state index in [9.17, 15) is 0 Å². The second kappa shape index (κ2) is 5.57. The summed E-state index contributed by atoms with van der Waals surface area (Å²) < 4.78 is 0. The van der Waals surface area contributed by atoms with Gasteiger partial charge in [-0.25, -0.2) is 9.97 Å². The molecule has 2 aromatic rings. The van der Waals surface area contributed by atoms with Crippen LogP contribution in [0.15, 0.2) is 30.6 Å². The molecule has 0 atom stereocenters. The number of nitrogens with zero attached hydrogens (tertiary/aromatic N) is 4. The minimum absolute atomic E-state index is 0.649. The van der Waals surface area contributed by atoms with Crippen LogP contribution in [0, 0.1) is 13.8 Å². The molecule has 0 aromatic carbocycles. The molecule has 0 spiro atoms. The lowest BCUT2D eigenvalue weighted by atomic mass is 9.89. The zero-order valence-corrected chi connectivity index (χ0v) is 12.1. The Bertz CT molecular complexity index is 535. The summed E-state index contributed by atoms with van der Waals surface area (Å²) >= 11 is 0. The van der Waals surface area contributed by atoms with E-state index in [1.165, 1.54) is 18.4 Å². The van der Waals surface area contributed by atoms with Crippen LogP contribution < -0.4 is 4.90 Å². The zero-order chi connectivity index (χ0) is 13.9. The first-order valence-corrected chi connectivity index (χ1v) is 7.19. The van der Waals surface area contributed by atoms with Gasteiger partial charge in [0.1, 0.15) is 11.6 Å². The third-order valence-corrected chi connectivity index (χ3v) is 3.97. The molecular weight excluding hydrogens is 248 g/mol. The second-order valence-electron chi connectivity index (χ2n) is 5.45. The molecule has 0 bridgehead atoms. The molecule has 0 aliphatic carbocycles. The first-order chi connectivity index (χ1) is 9.72. The van der Waals surface area contributed by atoms with Gasteiger partial charge in [-0.1, -0.05) is 0 Å². The third-order valence-electron chi connectivity index (χ3n) is 3.97. The fraction of sp³-hybridized carbons (Fsp3) is 0.438. The number of hydrogen-bond donors (Lipinski definition) is 0. The summed E-state index contributed by atoms with van der Waals surface area (Å²) in [6.45, 7) is 6.11. The van der Waals surface area contributed by atoms with Crippen molar-refractivity contribution in [2.45, 2.75) is 32.6 Å². The molecule has 1 aliphatic rings. The highest BCUT2D eigenvalue weighted by atomic mass is 15.2. The SMILES string of the molecule is Cc1cc(C2CCN(c3ccnc(C)n3)CC2)ccn1. The van der Waals surface area contributed by atoms with E-state index in [0.29, 0.717) is 5.92 Å². The van der Waals surface area contributed by atoms with E-state index in [4.69, 9.17) is 0 Å². The third kappa shape index (κ3) is 2.79. The molecule has 0 radical (unpaired) electrons. The predicted molar refractivity (Wildman–Crippen MR) is 79.9 cm³/mol. The maximum Gasteiger partial charge on any atom is 0.132 e. The van der Waals surface area contributed by atoms with Crippen LogP contribution in [0.25, 0.3) is 0 Å². The minimum Gasteiger partial charge on any atom is -0.356 e. The van der Waals surface area contributed by atoms with Crippen LogP contribution in [0.2, 0.25) is 0 Å². The first kappa shape index (κ1) is 13.0. The Morgan fingerprint density at radius 1 is 1.05 bits per heavy atom. The highest BCUT2D eigenvalue weighted by molar-refractivity contribution is 5.38. The Morgan fingerprint density at radius 3 is 2.50 bits per heavy atom. The van der Waals surface area contributed by atoms with E-state index in [-0.39, 0.29) is 0 Å². The van der Waals surface area contributed by atoms with Gasteiger partial charge in [-0.3, -0.25) is 4.98 Å². The van der Waals surface area contributed by atoms with E-state index in [1.54, 1.807) is 0 Å². The van der Waals surface area contributed by atoms with E-state index in [1.807, 2.05) is 25.4 Å². The Hall–Kier alpha value is -1.97. The monoisotopic (exact) mass is 268 g/mol. The number of pyridine rings is 1. The van der Waals surface area contributed by atoms with Gasteiger partial charge in [0.05, 0.1) is 0 Å². The summed E-state index contributed by atoms with van der Waals surface area (Å²) in [5.41, 5.74) is 2.53. The smallest absolute Gasteiger partial charge is 0.132 e. The van der Waals surface area contributed by atoms with Crippen molar-refractivity contribution in [2.24, 2.45) is 0 Å². The predicted octanol–water partition coefficient (Wildman–Crippen LogP) is 2.87. The summed E-state index contributed by atoms with van der Waals surface area (Å²) in [4.78, 5) is 15.3. The topological polar surface area (TPSA) is 41.9 Å². The molecule has 0 N–H and O–H groups in total. The molecule has 104 valence electrons. The minimum atomic E-state index is 0.649. The van der Waals surface area contributed by atoms with Gasteiger partial charge < -0.3 is 4.90 Å². The summed E-state index contributed by atoms with van der Waals surface area (Å²) in [6, 6.07) is 6.38. The summed E-state index contributed by atoms with van der Waals surface area (Å²) in [5, 5.41) is 0. The molecule has 2 aromatic heterocycles. The average Bonchev–Trinajstić information content (AvgIpc) is 2.47. The standard InChI is InChI=1S/C16H20N4/c1-12-11-15(3-7-17-12)14-5-9-20(10-6-14)16-4-8-18-13(2)19-16/h3-4,7-8,11,14H,5-6,9-10H2,1-2H3. The number of aromatic nitrogens is 3. The fourth-order valence-corrected chi connectivity index (χ4v) is 2.88. The lowest BCUT2D eigenvalue weighted by Crippen LogP contribution is -2.33. The van der Waals surface area contributed by atoms with Crippen molar-refractivity contribution < 1.29 is 0 Å². The Morgan fingerprint density at radius 2 is 1.80 bits per heavy atom. The Labute approximate surface area is 119 Å². The van der Waals surface area contributed by atoms with Gasteiger partial charge in [-0.2, -0.15) is 0 Å². The number of piperidine rings is 1. The average molecular weight is 268 g/mol. The molecule has 4 heteroatoms. The van der Waals surface area contributed by atoms with Crippen molar-refractivity contribution in [3.8, 4) is 0 Å². The molecule has 1 saturated heterocycles. The van der Waals surface area contributed by atoms with Crippen LogP contribution in [-0.4, -0.2) is 28.0 Å². The molecule has 3 heterocycles. The lowest BCUT2D eigenvalue weighted by molar-refractivity contribution is 0.501. The fourth-order valence-electron chi connectivity index (χ4n) is 2.88. The quantitative estimate of drug-likeness (QED) is 0.840.